The van der Waals surface area contributed by atoms with Gasteiger partial charge in [-0.05, 0) is 50.5 Å². The maximum absolute atomic E-state index is 12.3. The molecule has 0 radical (unpaired) electrons. The minimum absolute atomic E-state index is 0.0308. The predicted molar refractivity (Wildman–Crippen MR) is 97.1 cm³/mol. The lowest BCUT2D eigenvalue weighted by molar-refractivity contribution is -0.132. The minimum atomic E-state index is -0.0308. The second-order valence-corrected chi connectivity index (χ2v) is 7.09. The van der Waals surface area contributed by atoms with Crippen LogP contribution in [0.5, 0.6) is 0 Å². The van der Waals surface area contributed by atoms with Crippen LogP contribution in [-0.4, -0.2) is 22.8 Å². The summed E-state index contributed by atoms with van der Waals surface area (Å²) in [5.74, 6) is 0.975. The summed E-state index contributed by atoms with van der Waals surface area (Å²) in [6.45, 7) is 1.98. The largest absolute Gasteiger partial charge is 0.467 e. The zero-order valence-electron chi connectivity index (χ0n) is 14.1. The molecule has 0 saturated carbocycles. The molecule has 0 aliphatic heterocycles. The Morgan fingerprint density at radius 1 is 1.25 bits per heavy atom. The topological polar surface area (TPSA) is 46.3 Å². The van der Waals surface area contributed by atoms with E-state index in [1.165, 1.54) is 4.70 Å². The van der Waals surface area contributed by atoms with E-state index in [-0.39, 0.29) is 11.9 Å². The number of benzene rings is 1. The number of hydrogen-bond donors (Lipinski definition) is 0. The van der Waals surface area contributed by atoms with Gasteiger partial charge in [0.2, 0.25) is 5.91 Å². The summed E-state index contributed by atoms with van der Waals surface area (Å²) in [6, 6.07) is 11.9. The Kier molecular flexibility index (Phi) is 5.30. The molecule has 126 valence electrons. The van der Waals surface area contributed by atoms with Gasteiger partial charge in [-0.1, -0.05) is 12.1 Å². The number of carbonyl (C=O) groups excluding carboxylic acids is 1. The number of furan rings is 1. The first kappa shape index (κ1) is 16.7. The summed E-state index contributed by atoms with van der Waals surface area (Å²) in [7, 11) is 1.84. The number of hydrogen-bond acceptors (Lipinski definition) is 4. The minimum Gasteiger partial charge on any atom is -0.467 e. The van der Waals surface area contributed by atoms with Gasteiger partial charge in [-0.3, -0.25) is 4.79 Å². The number of fused-ring (bicyclic) bond motifs is 1. The fraction of sp³-hybridized carbons (Fsp3) is 0.368. The molecule has 5 heteroatoms. The van der Waals surface area contributed by atoms with Crippen molar-refractivity contribution in [3.63, 3.8) is 0 Å². The maximum Gasteiger partial charge on any atom is 0.222 e. The first-order valence-corrected chi connectivity index (χ1v) is 9.10. The van der Waals surface area contributed by atoms with Gasteiger partial charge in [0.25, 0.3) is 0 Å². The Bertz CT molecular complexity index is 762. The van der Waals surface area contributed by atoms with Crippen molar-refractivity contribution in [2.24, 2.45) is 0 Å². The van der Waals surface area contributed by atoms with E-state index in [1.54, 1.807) is 22.5 Å². The zero-order chi connectivity index (χ0) is 16.9. The summed E-state index contributed by atoms with van der Waals surface area (Å²) in [5.41, 5.74) is 1.07. The summed E-state index contributed by atoms with van der Waals surface area (Å²) in [5, 5.41) is 1.15. The number of unbranched alkanes of at least 4 members (excludes halogenated alkanes) is 1. The second kappa shape index (κ2) is 7.62. The number of rotatable bonds is 7. The van der Waals surface area contributed by atoms with Gasteiger partial charge in [0.05, 0.1) is 27.5 Å². The number of nitrogens with zero attached hydrogens (tertiary/aromatic N) is 2. The van der Waals surface area contributed by atoms with E-state index in [0.29, 0.717) is 6.42 Å². The third-order valence-corrected chi connectivity index (χ3v) is 5.39. The lowest BCUT2D eigenvalue weighted by atomic mass is 10.1. The van der Waals surface area contributed by atoms with Crippen LogP contribution in [0.4, 0.5) is 0 Å². The molecule has 0 bridgehead atoms. The third kappa shape index (κ3) is 3.85. The highest BCUT2D eigenvalue weighted by Crippen LogP contribution is 2.23. The number of amides is 1. The van der Waals surface area contributed by atoms with Crippen LogP contribution in [0.2, 0.25) is 0 Å². The standard InChI is InChI=1S/C19H22N2O2S/c1-14(16-9-7-13-23-16)21(2)19(22)12-6-5-11-18-20-15-8-3-4-10-17(15)24-18/h3-4,7-10,13-14H,5-6,11-12H2,1-2H3. The molecule has 1 aromatic carbocycles. The Morgan fingerprint density at radius 2 is 2.08 bits per heavy atom. The number of aromatic nitrogens is 1. The molecule has 0 N–H and O–H groups in total. The molecule has 0 spiro atoms. The van der Waals surface area contributed by atoms with Gasteiger partial charge in [-0.25, -0.2) is 4.98 Å². The van der Waals surface area contributed by atoms with Gasteiger partial charge >= 0.3 is 0 Å². The van der Waals surface area contributed by atoms with Gasteiger partial charge in [0.1, 0.15) is 5.76 Å². The average molecular weight is 342 g/mol. The SMILES string of the molecule is CC(c1ccco1)N(C)C(=O)CCCCc1nc2ccccc2s1. The summed E-state index contributed by atoms with van der Waals surface area (Å²) < 4.78 is 6.61. The summed E-state index contributed by atoms with van der Waals surface area (Å²) in [4.78, 5) is 18.7. The van der Waals surface area contributed by atoms with Crippen molar-refractivity contribution in [1.82, 2.24) is 9.88 Å². The van der Waals surface area contributed by atoms with Crippen LogP contribution in [0, 0.1) is 0 Å². The highest BCUT2D eigenvalue weighted by molar-refractivity contribution is 7.18. The van der Waals surface area contributed by atoms with Gasteiger partial charge < -0.3 is 9.32 Å². The van der Waals surface area contributed by atoms with Gasteiger partial charge in [0.15, 0.2) is 0 Å². The van der Waals surface area contributed by atoms with Crippen LogP contribution in [-0.2, 0) is 11.2 Å². The molecule has 1 amide bonds. The first-order chi connectivity index (χ1) is 11.6. The predicted octanol–water partition coefficient (Wildman–Crippen LogP) is 4.82. The fourth-order valence-corrected chi connectivity index (χ4v) is 3.70. The van der Waals surface area contributed by atoms with E-state index in [9.17, 15) is 4.79 Å². The lowest BCUT2D eigenvalue weighted by Crippen LogP contribution is -2.29. The molecule has 0 saturated heterocycles. The molecular formula is C19H22N2O2S. The maximum atomic E-state index is 12.3. The number of thiazole rings is 1. The molecule has 2 aromatic heterocycles. The molecule has 0 aliphatic carbocycles. The van der Waals surface area contributed by atoms with Crippen molar-refractivity contribution < 1.29 is 9.21 Å². The van der Waals surface area contributed by atoms with Crippen LogP contribution < -0.4 is 0 Å². The van der Waals surface area contributed by atoms with Crippen molar-refractivity contribution >= 4 is 27.5 Å². The number of para-hydroxylation sites is 1. The second-order valence-electron chi connectivity index (χ2n) is 5.98. The Morgan fingerprint density at radius 3 is 2.83 bits per heavy atom. The third-order valence-electron chi connectivity index (χ3n) is 4.30. The Balaban J connectivity index is 1.45. The van der Waals surface area contributed by atoms with Gasteiger partial charge in [-0.2, -0.15) is 0 Å². The molecular weight excluding hydrogens is 320 g/mol. The fourth-order valence-electron chi connectivity index (χ4n) is 2.69. The van der Waals surface area contributed by atoms with Crippen LogP contribution in [0.3, 0.4) is 0 Å². The Labute approximate surface area is 146 Å². The van der Waals surface area contributed by atoms with Crippen molar-refractivity contribution in [3.05, 3.63) is 53.4 Å². The van der Waals surface area contributed by atoms with Crippen LogP contribution in [0.25, 0.3) is 10.2 Å². The van der Waals surface area contributed by atoms with Crippen LogP contribution in [0.1, 0.15) is 43.0 Å². The van der Waals surface area contributed by atoms with Gasteiger partial charge in [0, 0.05) is 13.5 Å². The smallest absolute Gasteiger partial charge is 0.222 e. The quantitative estimate of drug-likeness (QED) is 0.578. The lowest BCUT2D eigenvalue weighted by Gasteiger charge is -2.23. The van der Waals surface area contributed by atoms with Crippen LogP contribution in [0.15, 0.2) is 47.1 Å². The van der Waals surface area contributed by atoms with Crippen molar-refractivity contribution in [3.8, 4) is 0 Å². The molecule has 0 aliphatic rings. The molecule has 24 heavy (non-hydrogen) atoms. The molecule has 1 atom stereocenters. The van der Waals surface area contributed by atoms with Gasteiger partial charge in [-0.15, -0.1) is 11.3 Å². The summed E-state index contributed by atoms with van der Waals surface area (Å²) in [6.07, 6.45) is 5.00. The molecule has 3 rings (SSSR count). The highest BCUT2D eigenvalue weighted by atomic mass is 32.1. The molecule has 4 nitrogen and oxygen atoms in total. The van der Waals surface area contributed by atoms with E-state index in [1.807, 2.05) is 44.3 Å². The molecule has 0 fully saturated rings. The Hall–Kier alpha value is -2.14. The molecule has 2 heterocycles. The highest BCUT2D eigenvalue weighted by Gasteiger charge is 2.18. The average Bonchev–Trinajstić information content (AvgIpc) is 3.26. The van der Waals surface area contributed by atoms with Crippen molar-refractivity contribution in [1.29, 1.82) is 0 Å². The number of carbonyl (C=O) groups is 1. The summed E-state index contributed by atoms with van der Waals surface area (Å²) >= 11 is 1.75. The first-order valence-electron chi connectivity index (χ1n) is 8.28. The van der Waals surface area contributed by atoms with Crippen LogP contribution >= 0.6 is 11.3 Å². The normalized spacial score (nSPS) is 12.4. The van der Waals surface area contributed by atoms with Crippen molar-refractivity contribution in [2.75, 3.05) is 7.05 Å². The van der Waals surface area contributed by atoms with E-state index in [2.05, 4.69) is 11.1 Å². The van der Waals surface area contributed by atoms with E-state index in [4.69, 9.17) is 4.42 Å². The van der Waals surface area contributed by atoms with E-state index < -0.39 is 0 Å². The molecule has 3 aromatic rings. The van der Waals surface area contributed by atoms with E-state index >= 15 is 0 Å². The number of aryl methyl sites for hydroxylation is 1. The van der Waals surface area contributed by atoms with E-state index in [0.717, 1.165) is 35.5 Å². The van der Waals surface area contributed by atoms with Crippen molar-refractivity contribution in [2.45, 2.75) is 38.6 Å². The molecule has 1 unspecified atom stereocenters. The zero-order valence-corrected chi connectivity index (χ0v) is 14.9. The monoisotopic (exact) mass is 342 g/mol.